The van der Waals surface area contributed by atoms with Gasteiger partial charge in [-0.15, -0.1) is 0 Å². The summed E-state index contributed by atoms with van der Waals surface area (Å²) in [4.78, 5) is 4.55. The van der Waals surface area contributed by atoms with Gasteiger partial charge < -0.3 is 9.84 Å². The van der Waals surface area contributed by atoms with Crippen molar-refractivity contribution >= 4 is 15.9 Å². The first kappa shape index (κ1) is 12.8. The van der Waals surface area contributed by atoms with Crippen molar-refractivity contribution in [2.75, 3.05) is 13.1 Å². The lowest BCUT2D eigenvalue weighted by Gasteiger charge is -2.30. The van der Waals surface area contributed by atoms with Gasteiger partial charge in [-0.3, -0.25) is 0 Å². The van der Waals surface area contributed by atoms with Crippen LogP contribution in [0.4, 0.5) is 0 Å². The van der Waals surface area contributed by atoms with Gasteiger partial charge in [0, 0.05) is 16.0 Å². The zero-order valence-corrected chi connectivity index (χ0v) is 12.6. The molecule has 5 heteroatoms. The largest absolute Gasteiger partial charge is 0.339 e. The van der Waals surface area contributed by atoms with Gasteiger partial charge in [-0.1, -0.05) is 28.0 Å². The fourth-order valence-corrected chi connectivity index (χ4v) is 2.75. The Labute approximate surface area is 120 Å². The van der Waals surface area contributed by atoms with Crippen LogP contribution >= 0.6 is 15.9 Å². The Morgan fingerprint density at radius 3 is 2.84 bits per heavy atom. The van der Waals surface area contributed by atoms with Crippen molar-refractivity contribution in [1.82, 2.24) is 15.5 Å². The third-order valence-corrected chi connectivity index (χ3v) is 4.27. The molecule has 100 valence electrons. The van der Waals surface area contributed by atoms with Crippen LogP contribution in [0.2, 0.25) is 0 Å². The minimum Gasteiger partial charge on any atom is -0.339 e. The number of rotatable bonds is 3. The summed E-state index contributed by atoms with van der Waals surface area (Å²) in [6.07, 6.45) is 0. The topological polar surface area (TPSA) is 51.0 Å². The molecule has 0 aliphatic carbocycles. The second kappa shape index (κ2) is 5.06. The molecule has 0 bridgehead atoms. The number of aromatic nitrogens is 2. The van der Waals surface area contributed by atoms with E-state index in [2.05, 4.69) is 51.3 Å². The smallest absolute Gasteiger partial charge is 0.230 e. The molecule has 2 aromatic rings. The third-order valence-electron chi connectivity index (χ3n) is 3.78. The van der Waals surface area contributed by atoms with Crippen LogP contribution in [-0.2, 0) is 0 Å². The molecule has 0 radical (unpaired) electrons. The van der Waals surface area contributed by atoms with E-state index in [1.807, 2.05) is 12.1 Å². The zero-order chi connectivity index (χ0) is 13.4. The van der Waals surface area contributed by atoms with Crippen LogP contribution < -0.4 is 5.32 Å². The maximum absolute atomic E-state index is 5.42. The van der Waals surface area contributed by atoms with Crippen LogP contribution in [0.1, 0.15) is 24.3 Å². The van der Waals surface area contributed by atoms with Gasteiger partial charge in [-0.2, -0.15) is 4.98 Å². The number of halogens is 1. The van der Waals surface area contributed by atoms with Gasteiger partial charge in [-0.05, 0) is 49.7 Å². The maximum atomic E-state index is 5.42. The van der Waals surface area contributed by atoms with Gasteiger partial charge in [0.2, 0.25) is 11.7 Å². The summed E-state index contributed by atoms with van der Waals surface area (Å²) >= 11 is 3.46. The lowest BCUT2D eigenvalue weighted by atomic mass is 9.89. The molecule has 0 spiro atoms. The summed E-state index contributed by atoms with van der Waals surface area (Å²) in [6, 6.07) is 6.08. The quantitative estimate of drug-likeness (QED) is 0.943. The number of nitrogens with one attached hydrogen (secondary N) is 1. The molecule has 1 aliphatic heterocycles. The van der Waals surface area contributed by atoms with Crippen LogP contribution in [0.25, 0.3) is 11.4 Å². The third kappa shape index (κ3) is 2.44. The van der Waals surface area contributed by atoms with E-state index in [-0.39, 0.29) is 0 Å². The van der Waals surface area contributed by atoms with Crippen LogP contribution in [0.15, 0.2) is 27.2 Å². The first-order valence-corrected chi connectivity index (χ1v) is 7.25. The van der Waals surface area contributed by atoms with Crippen molar-refractivity contribution in [3.8, 4) is 11.4 Å². The first-order chi connectivity index (χ1) is 9.15. The van der Waals surface area contributed by atoms with E-state index >= 15 is 0 Å². The van der Waals surface area contributed by atoms with Gasteiger partial charge in [0.25, 0.3) is 0 Å². The van der Waals surface area contributed by atoms with Crippen molar-refractivity contribution in [3.05, 3.63) is 34.1 Å². The minimum absolute atomic E-state index is 0.318. The number of benzene rings is 1. The monoisotopic (exact) mass is 321 g/mol. The molecule has 1 aromatic carbocycles. The Kier molecular flexibility index (Phi) is 3.41. The van der Waals surface area contributed by atoms with Crippen LogP contribution in [0, 0.1) is 12.8 Å². The Morgan fingerprint density at radius 1 is 1.42 bits per heavy atom. The van der Waals surface area contributed by atoms with E-state index in [0.717, 1.165) is 34.6 Å². The summed E-state index contributed by atoms with van der Waals surface area (Å²) in [7, 11) is 0. The van der Waals surface area contributed by atoms with Crippen LogP contribution in [-0.4, -0.2) is 23.2 Å². The summed E-state index contributed by atoms with van der Waals surface area (Å²) < 4.78 is 6.48. The molecule has 1 aliphatic rings. The molecule has 1 atom stereocenters. The highest BCUT2D eigenvalue weighted by Gasteiger charge is 2.29. The Bertz CT molecular complexity index is 592. The predicted molar refractivity (Wildman–Crippen MR) is 76.9 cm³/mol. The van der Waals surface area contributed by atoms with Crippen molar-refractivity contribution in [2.24, 2.45) is 5.92 Å². The molecule has 2 heterocycles. The number of aryl methyl sites for hydroxylation is 1. The van der Waals surface area contributed by atoms with Crippen LogP contribution in [0.3, 0.4) is 0 Å². The van der Waals surface area contributed by atoms with Gasteiger partial charge >= 0.3 is 0 Å². The average molecular weight is 322 g/mol. The van der Waals surface area contributed by atoms with Gasteiger partial charge in [0.05, 0.1) is 0 Å². The van der Waals surface area contributed by atoms with E-state index in [1.54, 1.807) is 0 Å². The highest BCUT2D eigenvalue weighted by molar-refractivity contribution is 9.10. The van der Waals surface area contributed by atoms with E-state index in [1.165, 1.54) is 0 Å². The lowest BCUT2D eigenvalue weighted by molar-refractivity contribution is 0.252. The molecular weight excluding hydrogens is 306 g/mol. The van der Waals surface area contributed by atoms with E-state index in [4.69, 9.17) is 4.52 Å². The lowest BCUT2D eigenvalue weighted by Crippen LogP contribution is -2.44. The van der Waals surface area contributed by atoms with Crippen molar-refractivity contribution in [2.45, 2.75) is 19.8 Å². The van der Waals surface area contributed by atoms with Crippen LogP contribution in [0.5, 0.6) is 0 Å². The van der Waals surface area contributed by atoms with E-state index in [9.17, 15) is 0 Å². The van der Waals surface area contributed by atoms with Gasteiger partial charge in [-0.25, -0.2) is 0 Å². The van der Waals surface area contributed by atoms with E-state index in [0.29, 0.717) is 17.7 Å². The second-order valence-electron chi connectivity index (χ2n) is 5.12. The highest BCUT2D eigenvalue weighted by atomic mass is 79.9. The SMILES string of the molecule is Cc1cc(Br)ccc1-c1noc(C(C)C2CNC2)n1. The molecule has 1 unspecified atom stereocenters. The maximum Gasteiger partial charge on any atom is 0.230 e. The summed E-state index contributed by atoms with van der Waals surface area (Å²) in [6.45, 7) is 6.28. The molecule has 0 saturated carbocycles. The number of hydrogen-bond acceptors (Lipinski definition) is 4. The molecule has 1 saturated heterocycles. The van der Waals surface area contributed by atoms with Crippen molar-refractivity contribution < 1.29 is 4.52 Å². The summed E-state index contributed by atoms with van der Waals surface area (Å²) in [5, 5.41) is 7.39. The highest BCUT2D eigenvalue weighted by Crippen LogP contribution is 2.29. The molecule has 4 nitrogen and oxygen atoms in total. The number of hydrogen-bond donors (Lipinski definition) is 1. The van der Waals surface area contributed by atoms with Crippen molar-refractivity contribution in [1.29, 1.82) is 0 Å². The average Bonchev–Trinajstić information content (AvgIpc) is 2.75. The fourth-order valence-electron chi connectivity index (χ4n) is 2.27. The Hall–Kier alpha value is -1.20. The fraction of sp³-hybridized carbons (Fsp3) is 0.429. The molecule has 1 N–H and O–H groups in total. The zero-order valence-electron chi connectivity index (χ0n) is 11.0. The normalized spacial score (nSPS) is 17.2. The molecule has 1 fully saturated rings. The van der Waals surface area contributed by atoms with E-state index < -0.39 is 0 Å². The molecule has 19 heavy (non-hydrogen) atoms. The first-order valence-electron chi connectivity index (χ1n) is 6.46. The van der Waals surface area contributed by atoms with Gasteiger partial charge in [0.15, 0.2) is 0 Å². The summed E-state index contributed by atoms with van der Waals surface area (Å²) in [5.74, 6) is 2.35. The Balaban J connectivity index is 1.87. The summed E-state index contributed by atoms with van der Waals surface area (Å²) in [5.41, 5.74) is 2.16. The molecule has 3 rings (SSSR count). The minimum atomic E-state index is 0.318. The van der Waals surface area contributed by atoms with Gasteiger partial charge in [0.1, 0.15) is 0 Å². The predicted octanol–water partition coefficient (Wildman–Crippen LogP) is 3.13. The standard InChI is InChI=1S/C14H16BrN3O/c1-8-5-11(15)3-4-12(8)13-17-14(19-18-13)9(2)10-6-16-7-10/h3-5,9-10,16H,6-7H2,1-2H3. The van der Waals surface area contributed by atoms with Crippen molar-refractivity contribution in [3.63, 3.8) is 0 Å². The second-order valence-corrected chi connectivity index (χ2v) is 6.04. The molecule has 1 aromatic heterocycles. The number of nitrogens with zero attached hydrogens (tertiary/aromatic N) is 2. The molecule has 0 amide bonds. The Morgan fingerprint density at radius 2 is 2.21 bits per heavy atom. The molecular formula is C14H16BrN3O.